The number of nitrogens with one attached hydrogen (secondary N) is 1. The predicted molar refractivity (Wildman–Crippen MR) is 82.0 cm³/mol. The number of aromatic nitrogens is 3. The molecule has 4 nitrogen and oxygen atoms in total. The molecule has 0 aliphatic rings. The summed E-state index contributed by atoms with van der Waals surface area (Å²) in [5.74, 6) is 0.805. The summed E-state index contributed by atoms with van der Waals surface area (Å²) in [6.45, 7) is 4.89. The van der Waals surface area contributed by atoms with Crippen LogP contribution in [0.1, 0.15) is 37.1 Å². The molecule has 0 saturated carbocycles. The van der Waals surface area contributed by atoms with Crippen LogP contribution < -0.4 is 5.32 Å². The van der Waals surface area contributed by atoms with Gasteiger partial charge in [-0.15, -0.1) is 0 Å². The fourth-order valence-electron chi connectivity index (χ4n) is 2.13. The van der Waals surface area contributed by atoms with Crippen LogP contribution in [0.2, 0.25) is 5.15 Å². The fraction of sp³-hybridized carbons (Fsp3) is 0.400. The molecular formula is C15H19ClN4. The van der Waals surface area contributed by atoms with Gasteiger partial charge in [0, 0.05) is 11.8 Å². The highest BCUT2D eigenvalue weighted by Crippen LogP contribution is 2.22. The van der Waals surface area contributed by atoms with Gasteiger partial charge in [0.25, 0.3) is 0 Å². The average molecular weight is 291 g/mol. The van der Waals surface area contributed by atoms with Crippen LogP contribution in [-0.4, -0.2) is 15.0 Å². The van der Waals surface area contributed by atoms with Crippen molar-refractivity contribution in [3.05, 3.63) is 46.6 Å². The topological polar surface area (TPSA) is 50.7 Å². The Morgan fingerprint density at radius 3 is 2.80 bits per heavy atom. The summed E-state index contributed by atoms with van der Waals surface area (Å²) in [4.78, 5) is 12.8. The summed E-state index contributed by atoms with van der Waals surface area (Å²) in [6, 6.07) is 4.07. The fourth-order valence-corrected chi connectivity index (χ4v) is 2.36. The molecule has 0 saturated heterocycles. The first kappa shape index (κ1) is 14.7. The molecule has 0 bridgehead atoms. The zero-order valence-electron chi connectivity index (χ0n) is 11.9. The standard InChI is InChI=1S/C15H19ClN4/c1-3-6-12-14(16)19-10-20-15(12)18-9-13-11(4-2)7-5-8-17-13/h5,7-8,10H,3-4,6,9H2,1-2H3,(H,18,19,20). The Morgan fingerprint density at radius 2 is 2.05 bits per heavy atom. The third kappa shape index (κ3) is 3.45. The van der Waals surface area contributed by atoms with E-state index in [1.807, 2.05) is 12.3 Å². The number of halogens is 1. The Balaban J connectivity index is 2.16. The highest BCUT2D eigenvalue weighted by molar-refractivity contribution is 6.30. The van der Waals surface area contributed by atoms with Gasteiger partial charge in [-0.05, 0) is 24.5 Å². The van der Waals surface area contributed by atoms with Crippen LogP contribution >= 0.6 is 11.6 Å². The van der Waals surface area contributed by atoms with E-state index in [4.69, 9.17) is 11.6 Å². The van der Waals surface area contributed by atoms with Crippen LogP contribution in [0.15, 0.2) is 24.7 Å². The first-order valence-electron chi connectivity index (χ1n) is 6.92. The van der Waals surface area contributed by atoms with Crippen LogP contribution in [0.5, 0.6) is 0 Å². The highest BCUT2D eigenvalue weighted by atomic mass is 35.5. The Kier molecular flexibility index (Phi) is 5.30. The second-order valence-electron chi connectivity index (χ2n) is 4.56. The number of hydrogen-bond acceptors (Lipinski definition) is 4. The molecule has 2 rings (SSSR count). The average Bonchev–Trinajstić information content (AvgIpc) is 2.48. The smallest absolute Gasteiger partial charge is 0.137 e. The van der Waals surface area contributed by atoms with E-state index < -0.39 is 0 Å². The van der Waals surface area contributed by atoms with E-state index >= 15 is 0 Å². The van der Waals surface area contributed by atoms with Crippen molar-refractivity contribution in [2.75, 3.05) is 5.32 Å². The van der Waals surface area contributed by atoms with E-state index in [2.05, 4.69) is 40.2 Å². The zero-order valence-corrected chi connectivity index (χ0v) is 12.6. The number of nitrogens with zero attached hydrogens (tertiary/aromatic N) is 3. The van der Waals surface area contributed by atoms with E-state index in [1.54, 1.807) is 0 Å². The normalized spacial score (nSPS) is 10.6. The minimum atomic E-state index is 0.529. The van der Waals surface area contributed by atoms with Crippen LogP contribution in [0.25, 0.3) is 0 Å². The molecule has 0 spiro atoms. The molecule has 5 heteroatoms. The molecule has 106 valence electrons. The van der Waals surface area contributed by atoms with E-state index in [-0.39, 0.29) is 0 Å². The van der Waals surface area contributed by atoms with Crippen molar-refractivity contribution in [1.29, 1.82) is 0 Å². The summed E-state index contributed by atoms with van der Waals surface area (Å²) in [5.41, 5.74) is 3.27. The van der Waals surface area contributed by atoms with Crippen LogP contribution in [0.3, 0.4) is 0 Å². The van der Waals surface area contributed by atoms with E-state index in [0.29, 0.717) is 11.7 Å². The lowest BCUT2D eigenvalue weighted by Crippen LogP contribution is -2.09. The summed E-state index contributed by atoms with van der Waals surface area (Å²) in [5, 5.41) is 3.86. The third-order valence-corrected chi connectivity index (χ3v) is 3.51. The maximum Gasteiger partial charge on any atom is 0.137 e. The minimum absolute atomic E-state index is 0.529. The highest BCUT2D eigenvalue weighted by Gasteiger charge is 2.09. The van der Waals surface area contributed by atoms with Crippen molar-refractivity contribution in [2.45, 2.75) is 39.7 Å². The largest absolute Gasteiger partial charge is 0.364 e. The number of rotatable bonds is 6. The number of pyridine rings is 1. The van der Waals surface area contributed by atoms with Crippen molar-refractivity contribution in [3.8, 4) is 0 Å². The van der Waals surface area contributed by atoms with E-state index in [0.717, 1.165) is 36.3 Å². The zero-order chi connectivity index (χ0) is 14.4. The lowest BCUT2D eigenvalue weighted by Gasteiger charge is -2.12. The maximum absolute atomic E-state index is 6.14. The molecule has 0 aliphatic heterocycles. The lowest BCUT2D eigenvalue weighted by molar-refractivity contribution is 0.891. The molecule has 2 aromatic heterocycles. The van der Waals surface area contributed by atoms with Crippen molar-refractivity contribution < 1.29 is 0 Å². The summed E-state index contributed by atoms with van der Waals surface area (Å²) in [7, 11) is 0. The van der Waals surface area contributed by atoms with Gasteiger partial charge in [0.2, 0.25) is 0 Å². The van der Waals surface area contributed by atoms with Crippen LogP contribution in [-0.2, 0) is 19.4 Å². The number of anilines is 1. The monoisotopic (exact) mass is 290 g/mol. The number of aryl methyl sites for hydroxylation is 1. The van der Waals surface area contributed by atoms with Crippen molar-refractivity contribution in [3.63, 3.8) is 0 Å². The second-order valence-corrected chi connectivity index (χ2v) is 4.92. The Bertz CT molecular complexity index is 572. The quantitative estimate of drug-likeness (QED) is 0.825. The van der Waals surface area contributed by atoms with Gasteiger partial charge in [0.15, 0.2) is 0 Å². The molecule has 2 heterocycles. The Morgan fingerprint density at radius 1 is 1.20 bits per heavy atom. The first-order chi connectivity index (χ1) is 9.76. The molecule has 2 aromatic rings. The van der Waals surface area contributed by atoms with Crippen LogP contribution in [0.4, 0.5) is 5.82 Å². The molecule has 0 aromatic carbocycles. The van der Waals surface area contributed by atoms with Crippen LogP contribution in [0, 0.1) is 0 Å². The maximum atomic E-state index is 6.14. The molecule has 20 heavy (non-hydrogen) atoms. The molecular weight excluding hydrogens is 272 g/mol. The van der Waals surface area contributed by atoms with Gasteiger partial charge in [-0.25, -0.2) is 9.97 Å². The second kappa shape index (κ2) is 7.20. The van der Waals surface area contributed by atoms with Gasteiger partial charge in [-0.3, -0.25) is 4.98 Å². The van der Waals surface area contributed by atoms with Gasteiger partial charge in [-0.1, -0.05) is 37.9 Å². The summed E-state index contributed by atoms with van der Waals surface area (Å²) in [6.07, 6.45) is 6.15. The van der Waals surface area contributed by atoms with Crippen molar-refractivity contribution >= 4 is 17.4 Å². The van der Waals surface area contributed by atoms with E-state index in [9.17, 15) is 0 Å². The third-order valence-electron chi connectivity index (χ3n) is 3.18. The summed E-state index contributed by atoms with van der Waals surface area (Å²) < 4.78 is 0. The van der Waals surface area contributed by atoms with Crippen molar-refractivity contribution in [2.24, 2.45) is 0 Å². The Hall–Kier alpha value is -1.68. The predicted octanol–water partition coefficient (Wildman–Crippen LogP) is 3.65. The molecule has 0 amide bonds. The van der Waals surface area contributed by atoms with Gasteiger partial charge in [0.05, 0.1) is 12.2 Å². The van der Waals surface area contributed by atoms with Gasteiger partial charge >= 0.3 is 0 Å². The summed E-state index contributed by atoms with van der Waals surface area (Å²) >= 11 is 6.14. The van der Waals surface area contributed by atoms with Gasteiger partial charge in [-0.2, -0.15) is 0 Å². The van der Waals surface area contributed by atoms with E-state index in [1.165, 1.54) is 11.9 Å². The lowest BCUT2D eigenvalue weighted by atomic mass is 10.1. The molecule has 0 radical (unpaired) electrons. The first-order valence-corrected chi connectivity index (χ1v) is 7.30. The van der Waals surface area contributed by atoms with Gasteiger partial charge < -0.3 is 5.32 Å². The molecule has 0 aliphatic carbocycles. The SMILES string of the molecule is CCCc1c(Cl)ncnc1NCc1ncccc1CC. The minimum Gasteiger partial charge on any atom is -0.364 e. The molecule has 1 N–H and O–H groups in total. The molecule has 0 unspecified atom stereocenters. The Labute approximate surface area is 124 Å². The molecule has 0 atom stereocenters. The van der Waals surface area contributed by atoms with Gasteiger partial charge in [0.1, 0.15) is 17.3 Å². The number of hydrogen-bond donors (Lipinski definition) is 1. The van der Waals surface area contributed by atoms with Crippen molar-refractivity contribution in [1.82, 2.24) is 15.0 Å². The molecule has 0 fully saturated rings.